The second-order valence-corrected chi connectivity index (χ2v) is 25.7. The van der Waals surface area contributed by atoms with Crippen LogP contribution in [0.3, 0.4) is 0 Å². The predicted octanol–water partition coefficient (Wildman–Crippen LogP) is 7.67. The lowest BCUT2D eigenvalue weighted by Crippen LogP contribution is -2.64. The van der Waals surface area contributed by atoms with Gasteiger partial charge in [0, 0.05) is 72.2 Å². The Morgan fingerprint density at radius 3 is 2.30 bits per heavy atom. The van der Waals surface area contributed by atoms with E-state index in [0.717, 1.165) is 89.0 Å². The first-order valence-electron chi connectivity index (χ1n) is 30.4. The first-order valence-corrected chi connectivity index (χ1v) is 30.4. The number of esters is 1. The van der Waals surface area contributed by atoms with Gasteiger partial charge in [-0.3, -0.25) is 4.79 Å². The van der Waals surface area contributed by atoms with E-state index >= 15 is 0 Å². The third-order valence-electron chi connectivity index (χ3n) is 20.2. The molecule has 0 aromatic heterocycles. The number of hydrogen-bond acceptors (Lipinski definition) is 17. The zero-order chi connectivity index (χ0) is 53.2. The summed E-state index contributed by atoms with van der Waals surface area (Å²) in [5.74, 6) is -1.12. The highest BCUT2D eigenvalue weighted by Crippen LogP contribution is 2.51. The van der Waals surface area contributed by atoms with Crippen LogP contribution in [-0.4, -0.2) is 184 Å². The lowest BCUT2D eigenvalue weighted by atomic mass is 9.81. The van der Waals surface area contributed by atoms with Crippen molar-refractivity contribution >= 4 is 5.97 Å². The molecule has 3 unspecified atom stereocenters. The van der Waals surface area contributed by atoms with Gasteiger partial charge in [-0.1, -0.05) is 33.9 Å². The SMILES string of the molecule is C=C1C[C@H](CC[C@]23CC[C@H](O2)[C@@H]2O[C@H]4CC[C@H](CC(=O)O[C@H]5CO[C@H]6C[C@H]7O[C@@H](C[C@@H]8O[C@@]9(CC[C@@H]8O)C[C@H](C)[C@@H]8O[C@H](CCOC)CC[C@@H]8O9)CC7OC6C5)O[C@@H]4[C@H](O3)C2OC)O[C@H]1CC[C@H]1C[C@@H](C)C(=C)[C@@H](CC)O1. The van der Waals surface area contributed by atoms with Gasteiger partial charge in [0.25, 0.3) is 0 Å². The molecule has 17 heteroatoms. The third kappa shape index (κ3) is 11.8. The highest BCUT2D eigenvalue weighted by atomic mass is 16.8. The number of aliphatic hydroxyl groups excluding tert-OH is 1. The summed E-state index contributed by atoms with van der Waals surface area (Å²) in [7, 11) is 3.44. The smallest absolute Gasteiger partial charge is 0.308 e. The zero-order valence-corrected chi connectivity index (χ0v) is 46.7. The minimum atomic E-state index is -0.809. The average Bonchev–Trinajstić information content (AvgIpc) is 4.32. The summed E-state index contributed by atoms with van der Waals surface area (Å²) in [6, 6.07) is 0. The maximum atomic E-state index is 13.8. The molecule has 0 saturated carbocycles. The van der Waals surface area contributed by atoms with Crippen LogP contribution in [0, 0.1) is 11.8 Å². The molecule has 17 nitrogen and oxygen atoms in total. The van der Waals surface area contributed by atoms with Crippen molar-refractivity contribution in [2.45, 2.75) is 308 Å². The Bertz CT molecular complexity index is 2060. The van der Waals surface area contributed by atoms with E-state index in [1.54, 1.807) is 14.2 Å². The van der Waals surface area contributed by atoms with Crippen LogP contribution in [0.15, 0.2) is 24.3 Å². The van der Waals surface area contributed by atoms with E-state index in [4.69, 9.17) is 71.1 Å². The van der Waals surface area contributed by atoms with Gasteiger partial charge in [0.2, 0.25) is 0 Å². The topological polar surface area (TPSA) is 176 Å². The van der Waals surface area contributed by atoms with E-state index < -0.39 is 42.1 Å². The van der Waals surface area contributed by atoms with Gasteiger partial charge in [-0.25, -0.2) is 0 Å². The molecule has 0 aliphatic carbocycles. The fraction of sp³-hybridized carbons (Fsp3) is 0.917. The predicted molar refractivity (Wildman–Crippen MR) is 278 cm³/mol. The molecule has 1 spiro atoms. The van der Waals surface area contributed by atoms with Crippen molar-refractivity contribution in [2.24, 2.45) is 11.8 Å². The molecule has 4 bridgehead atoms. The summed E-state index contributed by atoms with van der Waals surface area (Å²) < 4.78 is 98.1. The first-order chi connectivity index (χ1) is 37.3. The van der Waals surface area contributed by atoms with Crippen LogP contribution in [0.2, 0.25) is 0 Å². The van der Waals surface area contributed by atoms with Crippen LogP contribution in [0.5, 0.6) is 0 Å². The molecular formula is C60H92O17. The van der Waals surface area contributed by atoms with Gasteiger partial charge in [-0.15, -0.1) is 0 Å². The summed E-state index contributed by atoms with van der Waals surface area (Å²) in [5.41, 5.74) is 2.38. The molecule has 12 aliphatic rings. The van der Waals surface area contributed by atoms with Gasteiger partial charge in [0.1, 0.15) is 30.5 Å². The summed E-state index contributed by atoms with van der Waals surface area (Å²) >= 11 is 0. The molecular weight excluding hydrogens is 993 g/mol. The van der Waals surface area contributed by atoms with Crippen LogP contribution in [-0.2, 0) is 75.8 Å². The van der Waals surface area contributed by atoms with Crippen molar-refractivity contribution in [1.82, 2.24) is 0 Å². The molecule has 1 N–H and O–H groups in total. The van der Waals surface area contributed by atoms with Crippen molar-refractivity contribution in [2.75, 3.05) is 27.4 Å². The van der Waals surface area contributed by atoms with Crippen LogP contribution in [0.25, 0.3) is 0 Å². The quantitative estimate of drug-likeness (QED) is 0.118. The van der Waals surface area contributed by atoms with Gasteiger partial charge in [-0.05, 0) is 106 Å². The Hall–Kier alpha value is -1.65. The van der Waals surface area contributed by atoms with Gasteiger partial charge in [0.15, 0.2) is 11.6 Å². The standard InChI is InChI=1S/C60H92O17/c1-8-43-35(5)32(2)23-37(66-43)10-12-44-33(3)24-39(67-44)15-19-59-21-17-47(74-59)56-57(64-7)58(77-59)55-45(73-56)13-11-38(71-55)28-53(62)69-41-27-50-49(65-31-41)29-52-51(72-50)26-40(68-52)25-48-42(61)16-20-60(76-48)30-34(4)54-46(75-60)14-9-36(70-54)18-22-63-6/h32,34,36-52,54-58,61H,3,5,8-31H2,1-2,4,6-7H3/t32-,34+,36+,37+,38-,39+,40+,41-,42+,43-,44+,45+,46+,47+,48+,49+,50?,51?,52-,54+,55+,56+,57?,58+,59+,60+/m1/s1. The molecule has 12 heterocycles. The lowest BCUT2D eigenvalue weighted by Gasteiger charge is -2.53. The number of hydrogen-bond donors (Lipinski definition) is 1. The fourth-order valence-electron chi connectivity index (χ4n) is 16.2. The number of ether oxygens (including phenoxy) is 15. The molecule has 0 aromatic rings. The van der Waals surface area contributed by atoms with E-state index in [-0.39, 0.29) is 122 Å². The normalized spacial score (nSPS) is 50.4. The number of carbonyl (C=O) groups excluding carboxylic acids is 1. The summed E-state index contributed by atoms with van der Waals surface area (Å²) in [6.45, 7) is 16.4. The molecule has 12 rings (SSSR count). The number of rotatable bonds is 16. The molecule has 12 aliphatic heterocycles. The third-order valence-corrected chi connectivity index (χ3v) is 20.2. The number of carbonyl (C=O) groups is 1. The Balaban J connectivity index is 0.599. The second-order valence-electron chi connectivity index (χ2n) is 25.7. The Kier molecular flexibility index (Phi) is 17.1. The van der Waals surface area contributed by atoms with Crippen molar-refractivity contribution in [3.05, 3.63) is 24.3 Å². The lowest BCUT2D eigenvalue weighted by molar-refractivity contribution is -0.365. The highest BCUT2D eigenvalue weighted by molar-refractivity contribution is 5.70. The van der Waals surface area contributed by atoms with Crippen LogP contribution in [0.4, 0.5) is 0 Å². The first kappa shape index (κ1) is 55.9. The van der Waals surface area contributed by atoms with Crippen molar-refractivity contribution in [3.8, 4) is 0 Å². The molecule has 12 fully saturated rings. The Morgan fingerprint density at radius 1 is 0.662 bits per heavy atom. The van der Waals surface area contributed by atoms with Crippen molar-refractivity contribution in [1.29, 1.82) is 0 Å². The molecule has 26 atom stereocenters. The van der Waals surface area contributed by atoms with Crippen LogP contribution in [0.1, 0.15) is 162 Å². The van der Waals surface area contributed by atoms with Gasteiger partial charge < -0.3 is 76.2 Å². The Labute approximate surface area is 456 Å². The minimum absolute atomic E-state index is 0.0221. The number of fused-ring (bicyclic) bond motifs is 10. The van der Waals surface area contributed by atoms with Gasteiger partial charge in [-0.2, -0.15) is 0 Å². The highest BCUT2D eigenvalue weighted by Gasteiger charge is 2.61. The van der Waals surface area contributed by atoms with Crippen LogP contribution < -0.4 is 0 Å². The van der Waals surface area contributed by atoms with E-state index in [1.807, 2.05) is 0 Å². The van der Waals surface area contributed by atoms with Gasteiger partial charge >= 0.3 is 5.97 Å². The molecule has 0 amide bonds. The largest absolute Gasteiger partial charge is 0.460 e. The fourth-order valence-corrected chi connectivity index (χ4v) is 16.2. The van der Waals surface area contributed by atoms with E-state index in [9.17, 15) is 9.90 Å². The summed E-state index contributed by atoms with van der Waals surface area (Å²) in [5, 5.41) is 11.3. The van der Waals surface area contributed by atoms with Gasteiger partial charge in [0.05, 0.1) is 117 Å². The maximum absolute atomic E-state index is 13.8. The Morgan fingerprint density at radius 2 is 1.45 bits per heavy atom. The summed E-state index contributed by atoms with van der Waals surface area (Å²) in [4.78, 5) is 13.8. The average molecular weight is 1090 g/mol. The van der Waals surface area contributed by atoms with E-state index in [2.05, 4.69) is 33.9 Å². The molecule has 77 heavy (non-hydrogen) atoms. The summed E-state index contributed by atoms with van der Waals surface area (Å²) in [6.07, 6.45) is 12.7. The molecule has 0 radical (unpaired) electrons. The minimum Gasteiger partial charge on any atom is -0.460 e. The zero-order valence-electron chi connectivity index (χ0n) is 46.7. The van der Waals surface area contributed by atoms with E-state index in [0.29, 0.717) is 70.5 Å². The van der Waals surface area contributed by atoms with Crippen molar-refractivity contribution < 1.29 is 81.0 Å². The molecule has 12 saturated heterocycles. The number of aliphatic hydroxyl groups is 1. The van der Waals surface area contributed by atoms with E-state index in [1.165, 1.54) is 5.57 Å². The molecule has 434 valence electrons. The second kappa shape index (κ2) is 23.5. The van der Waals surface area contributed by atoms with Crippen molar-refractivity contribution in [3.63, 3.8) is 0 Å². The molecule has 0 aromatic carbocycles. The van der Waals surface area contributed by atoms with Crippen LogP contribution >= 0.6 is 0 Å². The monoisotopic (exact) mass is 1080 g/mol. The maximum Gasteiger partial charge on any atom is 0.308 e. The number of methoxy groups -OCH3 is 2.